The molecule has 1 atom stereocenters. The molecule has 1 aromatic carbocycles. The van der Waals surface area contributed by atoms with Gasteiger partial charge in [0.25, 0.3) is 0 Å². The van der Waals surface area contributed by atoms with Crippen molar-refractivity contribution in [1.29, 1.82) is 0 Å². The lowest BCUT2D eigenvalue weighted by Gasteiger charge is -2.33. The highest BCUT2D eigenvalue weighted by atomic mass is 16.5. The summed E-state index contributed by atoms with van der Waals surface area (Å²) in [6, 6.07) is 7.44. The highest BCUT2D eigenvalue weighted by Crippen LogP contribution is 2.19. The quantitative estimate of drug-likeness (QED) is 0.735. The van der Waals surface area contributed by atoms with Gasteiger partial charge in [-0.05, 0) is 37.8 Å². The zero-order chi connectivity index (χ0) is 18.2. The van der Waals surface area contributed by atoms with E-state index in [9.17, 15) is 4.79 Å². The summed E-state index contributed by atoms with van der Waals surface area (Å²) < 4.78 is 11.2. The highest BCUT2D eigenvalue weighted by molar-refractivity contribution is 5.89. The summed E-state index contributed by atoms with van der Waals surface area (Å²) in [4.78, 5) is 14.7. The summed E-state index contributed by atoms with van der Waals surface area (Å²) in [6.45, 7) is 8.02. The number of likely N-dealkylation sites (tertiary alicyclic amines) is 1. The number of carbonyl (C=O) groups excluding carboxylic acids is 1. The summed E-state index contributed by atoms with van der Waals surface area (Å²) in [5.41, 5.74) is 0.722. The number of hydrogen-bond acceptors (Lipinski definition) is 4. The fraction of sp³-hybridized carbons (Fsp3) is 0.550. The SMILES string of the molecule is C=CCOc1cccc(NC(=O)NC2CCN(CC3CCCO3)CC2)c1. The fourth-order valence-corrected chi connectivity index (χ4v) is 3.51. The summed E-state index contributed by atoms with van der Waals surface area (Å²) in [7, 11) is 0. The lowest BCUT2D eigenvalue weighted by molar-refractivity contribution is 0.0633. The molecule has 2 aliphatic rings. The van der Waals surface area contributed by atoms with Crippen LogP contribution < -0.4 is 15.4 Å². The Balaban J connectivity index is 1.39. The Hall–Kier alpha value is -2.05. The molecule has 0 aliphatic carbocycles. The fourth-order valence-electron chi connectivity index (χ4n) is 3.51. The van der Waals surface area contributed by atoms with E-state index in [-0.39, 0.29) is 12.1 Å². The Morgan fingerprint density at radius 2 is 2.19 bits per heavy atom. The van der Waals surface area contributed by atoms with E-state index in [4.69, 9.17) is 9.47 Å². The third kappa shape index (κ3) is 5.75. The van der Waals surface area contributed by atoms with Crippen molar-refractivity contribution < 1.29 is 14.3 Å². The maximum absolute atomic E-state index is 12.3. The van der Waals surface area contributed by atoms with Crippen molar-refractivity contribution in [3.63, 3.8) is 0 Å². The maximum atomic E-state index is 12.3. The lowest BCUT2D eigenvalue weighted by Crippen LogP contribution is -2.47. The first-order chi connectivity index (χ1) is 12.7. The normalized spacial score (nSPS) is 21.3. The zero-order valence-electron chi connectivity index (χ0n) is 15.3. The lowest BCUT2D eigenvalue weighted by atomic mass is 10.0. The van der Waals surface area contributed by atoms with Crippen LogP contribution in [-0.2, 0) is 4.74 Å². The van der Waals surface area contributed by atoms with Crippen LogP contribution in [0.15, 0.2) is 36.9 Å². The first-order valence-electron chi connectivity index (χ1n) is 9.48. The Bertz CT molecular complexity index is 594. The summed E-state index contributed by atoms with van der Waals surface area (Å²) in [6.07, 6.45) is 6.40. The van der Waals surface area contributed by atoms with Gasteiger partial charge in [0.05, 0.1) is 6.10 Å². The minimum atomic E-state index is -0.163. The molecular weight excluding hydrogens is 330 g/mol. The van der Waals surface area contributed by atoms with E-state index in [0.717, 1.165) is 44.8 Å². The molecule has 1 unspecified atom stereocenters. The number of urea groups is 1. The van der Waals surface area contributed by atoms with Crippen LogP contribution in [0.4, 0.5) is 10.5 Å². The molecule has 3 rings (SSSR count). The van der Waals surface area contributed by atoms with Crippen LogP contribution in [0, 0.1) is 0 Å². The molecule has 26 heavy (non-hydrogen) atoms. The van der Waals surface area contributed by atoms with Gasteiger partial charge in [-0.1, -0.05) is 18.7 Å². The average molecular weight is 359 g/mol. The number of piperidine rings is 1. The van der Waals surface area contributed by atoms with Crippen LogP contribution in [0.1, 0.15) is 25.7 Å². The van der Waals surface area contributed by atoms with Gasteiger partial charge in [-0.2, -0.15) is 0 Å². The van der Waals surface area contributed by atoms with Gasteiger partial charge < -0.3 is 25.0 Å². The second kappa shape index (κ2) is 9.59. The van der Waals surface area contributed by atoms with E-state index < -0.39 is 0 Å². The third-order valence-corrected chi connectivity index (χ3v) is 4.87. The van der Waals surface area contributed by atoms with Crippen molar-refractivity contribution in [2.45, 2.75) is 37.8 Å². The zero-order valence-corrected chi connectivity index (χ0v) is 15.3. The number of ether oxygens (including phenoxy) is 2. The van der Waals surface area contributed by atoms with Gasteiger partial charge in [-0.25, -0.2) is 4.79 Å². The van der Waals surface area contributed by atoms with Gasteiger partial charge in [-0.3, -0.25) is 0 Å². The van der Waals surface area contributed by atoms with E-state index in [1.807, 2.05) is 24.3 Å². The molecule has 6 heteroatoms. The first-order valence-corrected chi connectivity index (χ1v) is 9.48. The minimum absolute atomic E-state index is 0.163. The molecule has 0 aromatic heterocycles. The van der Waals surface area contributed by atoms with Crippen LogP contribution in [0.5, 0.6) is 5.75 Å². The number of rotatable bonds is 7. The van der Waals surface area contributed by atoms with Gasteiger partial charge in [0, 0.05) is 44.0 Å². The smallest absolute Gasteiger partial charge is 0.319 e. The van der Waals surface area contributed by atoms with E-state index >= 15 is 0 Å². The Morgan fingerprint density at radius 3 is 2.92 bits per heavy atom. The monoisotopic (exact) mass is 359 g/mol. The molecule has 0 spiro atoms. The van der Waals surface area contributed by atoms with Crippen LogP contribution in [0.3, 0.4) is 0 Å². The van der Waals surface area contributed by atoms with Crippen LogP contribution in [0.25, 0.3) is 0 Å². The molecule has 2 amide bonds. The summed E-state index contributed by atoms with van der Waals surface area (Å²) in [5.74, 6) is 0.713. The number of nitrogens with one attached hydrogen (secondary N) is 2. The predicted molar refractivity (Wildman–Crippen MR) is 103 cm³/mol. The maximum Gasteiger partial charge on any atom is 0.319 e. The Labute approximate surface area is 155 Å². The van der Waals surface area contributed by atoms with E-state index in [2.05, 4.69) is 22.1 Å². The standard InChI is InChI=1S/C20H29N3O3/c1-2-12-25-18-6-3-5-17(14-18)22-20(24)21-16-8-10-23(11-9-16)15-19-7-4-13-26-19/h2-3,5-6,14,16,19H,1,4,7-13,15H2,(H2,21,22,24). The van der Waals surface area contributed by atoms with Crippen LogP contribution in [-0.4, -0.2) is 55.9 Å². The first kappa shape index (κ1) is 18.7. The molecule has 2 N–H and O–H groups in total. The molecule has 0 radical (unpaired) electrons. The van der Waals surface area contributed by atoms with Crippen LogP contribution >= 0.6 is 0 Å². The summed E-state index contributed by atoms with van der Waals surface area (Å²) >= 11 is 0. The van der Waals surface area contributed by atoms with Crippen molar-refractivity contribution in [3.05, 3.63) is 36.9 Å². The van der Waals surface area contributed by atoms with Crippen LogP contribution in [0.2, 0.25) is 0 Å². The minimum Gasteiger partial charge on any atom is -0.489 e. The second-order valence-corrected chi connectivity index (χ2v) is 6.94. The number of anilines is 1. The number of nitrogens with zero attached hydrogens (tertiary/aromatic N) is 1. The van der Waals surface area contributed by atoms with Gasteiger partial charge in [-0.15, -0.1) is 0 Å². The van der Waals surface area contributed by atoms with Crippen molar-refractivity contribution in [3.8, 4) is 5.75 Å². The molecule has 2 heterocycles. The molecular formula is C20H29N3O3. The van der Waals surface area contributed by atoms with E-state index in [1.165, 1.54) is 12.8 Å². The molecule has 142 valence electrons. The second-order valence-electron chi connectivity index (χ2n) is 6.94. The molecule has 2 saturated heterocycles. The number of carbonyl (C=O) groups is 1. The van der Waals surface area contributed by atoms with Gasteiger partial charge >= 0.3 is 6.03 Å². The Kier molecular flexibility index (Phi) is 6.91. The number of benzene rings is 1. The van der Waals surface area contributed by atoms with Gasteiger partial charge in [0.2, 0.25) is 0 Å². The third-order valence-electron chi connectivity index (χ3n) is 4.87. The molecule has 2 fully saturated rings. The average Bonchev–Trinajstić information content (AvgIpc) is 3.15. The van der Waals surface area contributed by atoms with Crippen molar-refractivity contribution in [2.75, 3.05) is 38.2 Å². The highest BCUT2D eigenvalue weighted by Gasteiger charge is 2.24. The van der Waals surface area contributed by atoms with Crippen molar-refractivity contribution in [1.82, 2.24) is 10.2 Å². The van der Waals surface area contributed by atoms with Gasteiger partial charge in [0.1, 0.15) is 12.4 Å². The van der Waals surface area contributed by atoms with Crippen molar-refractivity contribution in [2.24, 2.45) is 0 Å². The van der Waals surface area contributed by atoms with Crippen molar-refractivity contribution >= 4 is 11.7 Å². The Morgan fingerprint density at radius 1 is 1.35 bits per heavy atom. The van der Waals surface area contributed by atoms with E-state index in [0.29, 0.717) is 18.5 Å². The number of hydrogen-bond donors (Lipinski definition) is 2. The molecule has 0 bridgehead atoms. The van der Waals surface area contributed by atoms with E-state index in [1.54, 1.807) is 6.08 Å². The summed E-state index contributed by atoms with van der Waals surface area (Å²) in [5, 5.41) is 5.97. The predicted octanol–water partition coefficient (Wildman–Crippen LogP) is 3.02. The molecule has 1 aromatic rings. The molecule has 2 aliphatic heterocycles. The molecule has 0 saturated carbocycles. The molecule has 6 nitrogen and oxygen atoms in total. The topological polar surface area (TPSA) is 62.8 Å². The van der Waals surface area contributed by atoms with Gasteiger partial charge in [0.15, 0.2) is 0 Å². The number of amides is 2. The largest absolute Gasteiger partial charge is 0.489 e.